The first-order valence-electron chi connectivity index (χ1n) is 3.62. The first-order chi connectivity index (χ1) is 4.56. The number of halogens is 2. The van der Waals surface area contributed by atoms with E-state index in [2.05, 4.69) is 68.8 Å². The molecule has 0 nitrogen and oxygen atoms in total. The van der Waals surface area contributed by atoms with Crippen LogP contribution in [0.4, 0.5) is 0 Å². The Morgan fingerprint density at radius 1 is 1.40 bits per heavy atom. The second-order valence-electron chi connectivity index (χ2n) is 2.50. The molecule has 0 aromatic carbocycles. The summed E-state index contributed by atoms with van der Waals surface area (Å²) >= 11 is 5.13. The molecule has 0 unspecified atom stereocenters. The maximum absolute atomic E-state index is 2.57. The minimum absolute atomic E-state index is 0.948. The summed E-state index contributed by atoms with van der Waals surface area (Å²) in [5.41, 5.74) is 2.41. The van der Waals surface area contributed by atoms with Gasteiger partial charge in [-0.05, 0) is 13.0 Å². The normalized spacial score (nSPS) is 12.8. The van der Waals surface area contributed by atoms with E-state index in [9.17, 15) is 0 Å². The van der Waals surface area contributed by atoms with Crippen LogP contribution < -0.4 is 0 Å². The average molecular weight is 380 g/mol. The molecule has 0 radical (unpaired) electrons. The molecule has 0 spiro atoms. The van der Waals surface area contributed by atoms with Crippen LogP contribution >= 0.6 is 43.6 Å². The Labute approximate surface area is 90.3 Å². The van der Waals surface area contributed by atoms with E-state index in [1.165, 1.54) is 19.3 Å². The van der Waals surface area contributed by atoms with Crippen molar-refractivity contribution >= 4 is 46.7 Å². The minimum Gasteiger partial charge on any atom is -0.0994 e. The summed E-state index contributed by atoms with van der Waals surface area (Å²) in [6.07, 6.45) is 6.26. The smallest absolute Gasteiger partial charge is 0.0994 e. The highest BCUT2D eigenvalue weighted by atomic mass is 127. The topological polar surface area (TPSA) is 0 Å². The fourth-order valence-electron chi connectivity index (χ4n) is 0.612. The average Bonchev–Trinajstić information content (AvgIpc) is 1.78. The van der Waals surface area contributed by atoms with Crippen LogP contribution in [0.25, 0.3) is 0 Å². The van der Waals surface area contributed by atoms with Crippen molar-refractivity contribution in [1.29, 1.82) is 0 Å². The van der Waals surface area contributed by atoms with Gasteiger partial charge in [0.05, 0.1) is 0 Å². The lowest BCUT2D eigenvalue weighted by Crippen LogP contribution is -2.04. The quantitative estimate of drug-likeness (QED) is 0.297. The third-order valence-electron chi connectivity index (χ3n) is 1.13. The van der Waals surface area contributed by atoms with Crippen LogP contribution in [0.1, 0.15) is 26.2 Å². The molecule has 0 rings (SSSR count). The van der Waals surface area contributed by atoms with E-state index in [0.717, 1.165) is 0 Å². The van der Waals surface area contributed by atoms with E-state index in [-0.39, 0.29) is 0 Å². The highest BCUT2D eigenvalue weighted by Crippen LogP contribution is 2.22. The van der Waals surface area contributed by atoms with E-state index >= 15 is 0 Å². The van der Waals surface area contributed by atoms with Crippen LogP contribution in [0, 0.1) is 0 Å². The molecular weight excluding hydrogens is 366 g/mol. The van der Waals surface area contributed by atoms with Crippen LogP contribution in [-0.4, -0.2) is 3.07 Å². The van der Waals surface area contributed by atoms with Crippen LogP contribution in [0.3, 0.4) is 0 Å². The fourth-order valence-corrected chi connectivity index (χ4v) is 2.72. The van der Waals surface area contributed by atoms with Gasteiger partial charge in [0.15, 0.2) is 0 Å². The monoisotopic (exact) mass is 380 g/mol. The fraction of sp³-hybridized carbons (Fsp3) is 0.714. The lowest BCUT2D eigenvalue weighted by atomic mass is 10.2. The first-order valence-corrected chi connectivity index (χ1v) is 12.4. The molecule has 0 bridgehead atoms. The van der Waals surface area contributed by atoms with Crippen LogP contribution in [0.2, 0.25) is 6.55 Å². The van der Waals surface area contributed by atoms with Gasteiger partial charge in [-0.25, -0.2) is 0 Å². The highest BCUT2D eigenvalue weighted by Gasteiger charge is 2.12. The van der Waals surface area contributed by atoms with E-state index in [1.54, 1.807) is 0 Å². The van der Waals surface area contributed by atoms with Gasteiger partial charge >= 0.3 is 0 Å². The molecule has 0 aromatic rings. The van der Waals surface area contributed by atoms with Gasteiger partial charge in [0, 0.05) is 0 Å². The Hall–Kier alpha value is 1.42. The number of hydrogen-bond acceptors (Lipinski definition) is 0. The van der Waals surface area contributed by atoms with Gasteiger partial charge in [-0.3, -0.25) is 0 Å². The summed E-state index contributed by atoms with van der Waals surface area (Å²) in [5.74, 6) is 0. The third-order valence-corrected chi connectivity index (χ3v) is 4.11. The van der Waals surface area contributed by atoms with Gasteiger partial charge in [-0.15, -0.1) is 0 Å². The molecule has 0 fully saturated rings. The molecule has 0 saturated heterocycles. The lowest BCUT2D eigenvalue weighted by molar-refractivity contribution is 0.815. The van der Waals surface area contributed by atoms with Gasteiger partial charge < -0.3 is 0 Å². The largest absolute Gasteiger partial charge is 0.211 e. The van der Waals surface area contributed by atoms with Crippen molar-refractivity contribution in [2.45, 2.75) is 32.7 Å². The number of allylic oxidation sites excluding steroid dienone is 1. The Bertz CT molecular complexity index is 105. The summed E-state index contributed by atoms with van der Waals surface area (Å²) in [5, 5.41) is 0. The summed E-state index contributed by atoms with van der Waals surface area (Å²) in [6.45, 7) is 4.58. The van der Waals surface area contributed by atoms with Crippen LogP contribution in [-0.2, 0) is 0 Å². The molecule has 0 N–H and O–H groups in total. The van der Waals surface area contributed by atoms with Crippen molar-refractivity contribution in [3.05, 3.63) is 11.8 Å². The zero-order valence-electron chi connectivity index (χ0n) is 6.53. The summed E-state index contributed by atoms with van der Waals surface area (Å²) < 4.78 is -0.948. The second-order valence-corrected chi connectivity index (χ2v) is 24.4. The van der Waals surface area contributed by atoms with E-state index in [0.29, 0.717) is 0 Å². The third kappa shape index (κ3) is 9.42. The maximum atomic E-state index is 2.57. The molecule has 0 aliphatic carbocycles. The Morgan fingerprint density at radius 3 is 2.40 bits per heavy atom. The predicted molar refractivity (Wildman–Crippen MR) is 68.3 cm³/mol. The van der Waals surface area contributed by atoms with Crippen molar-refractivity contribution in [3.8, 4) is 0 Å². The molecule has 0 aliphatic heterocycles. The number of rotatable bonds is 4. The molecule has 3 heteroatoms. The minimum atomic E-state index is -0.948. The molecule has 0 atom stereocenters. The molecule has 0 aromatic heterocycles. The van der Waals surface area contributed by atoms with E-state index in [4.69, 9.17) is 0 Å². The summed E-state index contributed by atoms with van der Waals surface area (Å²) in [4.78, 5) is 0. The molecule has 0 heterocycles. The molecule has 0 aliphatic rings. The number of unbranched alkanes of at least 4 members (excludes halogenated alkanes) is 2. The standard InChI is InChI=1S/C7H14I2Si/c1-3-4-5-6-7-10(2,8)9/h6-7H,3-5H2,1-2H3. The molecule has 10 heavy (non-hydrogen) atoms. The van der Waals surface area contributed by atoms with Crippen molar-refractivity contribution < 1.29 is 0 Å². The van der Waals surface area contributed by atoms with Gasteiger partial charge in [-0.1, -0.05) is 75.1 Å². The molecule has 0 saturated carbocycles. The van der Waals surface area contributed by atoms with Crippen LogP contribution in [0.15, 0.2) is 11.8 Å². The Balaban J connectivity index is 3.37. The summed E-state index contributed by atoms with van der Waals surface area (Å²) in [6, 6.07) is 0. The van der Waals surface area contributed by atoms with E-state index < -0.39 is 3.07 Å². The highest BCUT2D eigenvalue weighted by molar-refractivity contribution is 14.3. The molecule has 0 amide bonds. The van der Waals surface area contributed by atoms with Crippen molar-refractivity contribution in [2.24, 2.45) is 0 Å². The zero-order chi connectivity index (χ0) is 8.04. The predicted octanol–water partition coefficient (Wildman–Crippen LogP) is 4.21. The molecular formula is C7H14I2Si. The van der Waals surface area contributed by atoms with Gasteiger partial charge in [-0.2, -0.15) is 0 Å². The lowest BCUT2D eigenvalue weighted by Gasteiger charge is -2.02. The van der Waals surface area contributed by atoms with Gasteiger partial charge in [0.1, 0.15) is 0 Å². The Morgan fingerprint density at radius 2 is 2.00 bits per heavy atom. The first kappa shape index (κ1) is 11.4. The Kier molecular flexibility index (Phi) is 6.84. The second kappa shape index (κ2) is 5.99. The maximum Gasteiger partial charge on any atom is 0.211 e. The SMILES string of the molecule is CCCCC=C[Si](C)(I)I. The van der Waals surface area contributed by atoms with E-state index in [1.807, 2.05) is 0 Å². The van der Waals surface area contributed by atoms with Crippen molar-refractivity contribution in [3.63, 3.8) is 0 Å². The zero-order valence-corrected chi connectivity index (χ0v) is 11.8. The van der Waals surface area contributed by atoms with Gasteiger partial charge in [0.25, 0.3) is 0 Å². The van der Waals surface area contributed by atoms with Gasteiger partial charge in [0.2, 0.25) is 3.07 Å². The van der Waals surface area contributed by atoms with Crippen LogP contribution in [0.5, 0.6) is 0 Å². The number of hydrogen-bond donors (Lipinski definition) is 0. The van der Waals surface area contributed by atoms with Crippen molar-refractivity contribution in [2.75, 3.05) is 0 Å². The summed E-state index contributed by atoms with van der Waals surface area (Å²) in [7, 11) is 0. The van der Waals surface area contributed by atoms with Crippen molar-refractivity contribution in [1.82, 2.24) is 0 Å². The molecule has 60 valence electrons.